The molecule has 0 saturated heterocycles. The highest BCUT2D eigenvalue weighted by Crippen LogP contribution is 2.30. The lowest BCUT2D eigenvalue weighted by molar-refractivity contribution is 0.220. The van der Waals surface area contributed by atoms with Gasteiger partial charge in [-0.3, -0.25) is 0 Å². The molecular formula is C8H15N3O2S. The Morgan fingerprint density at radius 1 is 1.07 bits per heavy atom. The van der Waals surface area contributed by atoms with Gasteiger partial charge in [0.2, 0.25) is 0 Å². The number of hydrogen-bond donors (Lipinski definition) is 2. The summed E-state index contributed by atoms with van der Waals surface area (Å²) in [7, 11) is 0. The highest BCUT2D eigenvalue weighted by molar-refractivity contribution is 7.98. The molecule has 0 spiro atoms. The number of carbonyl (C=O) groups excluding carboxylic acids is 2. The van der Waals surface area contributed by atoms with Crippen molar-refractivity contribution in [2.75, 3.05) is 0 Å². The van der Waals surface area contributed by atoms with Crippen molar-refractivity contribution in [3.8, 4) is 0 Å². The first kappa shape index (κ1) is 11.2. The molecule has 1 aliphatic carbocycles. The Balaban J connectivity index is 2.45. The fourth-order valence-electron chi connectivity index (χ4n) is 1.53. The summed E-state index contributed by atoms with van der Waals surface area (Å²) in [5.74, 6) is 0. The number of carbonyl (C=O) groups is 2. The largest absolute Gasteiger partial charge is 0.350 e. The maximum absolute atomic E-state index is 10.8. The Morgan fingerprint density at radius 3 is 2.00 bits per heavy atom. The van der Waals surface area contributed by atoms with Gasteiger partial charge >= 0.3 is 12.1 Å². The van der Waals surface area contributed by atoms with Crippen LogP contribution in [0.4, 0.5) is 9.59 Å². The van der Waals surface area contributed by atoms with Crippen molar-refractivity contribution >= 4 is 24.0 Å². The molecule has 1 saturated carbocycles. The molecule has 0 unspecified atom stereocenters. The maximum Gasteiger partial charge on any atom is 0.333 e. The molecule has 5 nitrogen and oxygen atoms in total. The maximum atomic E-state index is 10.8. The molecular weight excluding hydrogens is 202 g/mol. The van der Waals surface area contributed by atoms with E-state index in [2.05, 4.69) is 0 Å². The van der Waals surface area contributed by atoms with Crippen molar-refractivity contribution in [1.82, 2.24) is 4.31 Å². The van der Waals surface area contributed by atoms with E-state index in [1.54, 1.807) is 0 Å². The predicted molar refractivity (Wildman–Crippen MR) is 55.5 cm³/mol. The van der Waals surface area contributed by atoms with Crippen LogP contribution in [0.5, 0.6) is 0 Å². The minimum Gasteiger partial charge on any atom is -0.350 e. The van der Waals surface area contributed by atoms with Gasteiger partial charge in [0.15, 0.2) is 0 Å². The average Bonchev–Trinajstić information content (AvgIpc) is 2.15. The zero-order valence-electron chi connectivity index (χ0n) is 7.94. The van der Waals surface area contributed by atoms with Crippen LogP contribution in [0.1, 0.15) is 32.1 Å². The molecule has 6 heteroatoms. The standard InChI is InChI=1S/C8H15N3O2S/c9-7(12)11(8(10)13)14-6-4-2-1-3-5-6/h6H,1-5H2,(H2,9,12)(H2,10,13). The zero-order valence-corrected chi connectivity index (χ0v) is 8.76. The monoisotopic (exact) mass is 217 g/mol. The van der Waals surface area contributed by atoms with Crippen LogP contribution in [0.2, 0.25) is 0 Å². The third kappa shape index (κ3) is 3.10. The van der Waals surface area contributed by atoms with E-state index < -0.39 is 12.1 Å². The van der Waals surface area contributed by atoms with Crippen LogP contribution in [0.25, 0.3) is 0 Å². The summed E-state index contributed by atoms with van der Waals surface area (Å²) >= 11 is 1.17. The molecule has 0 aromatic rings. The van der Waals surface area contributed by atoms with Crippen LogP contribution in [0.3, 0.4) is 0 Å². The summed E-state index contributed by atoms with van der Waals surface area (Å²) in [6.45, 7) is 0. The molecule has 80 valence electrons. The van der Waals surface area contributed by atoms with Gasteiger partial charge in [0.05, 0.1) is 0 Å². The summed E-state index contributed by atoms with van der Waals surface area (Å²) in [5.41, 5.74) is 10.0. The van der Waals surface area contributed by atoms with Crippen molar-refractivity contribution in [3.05, 3.63) is 0 Å². The number of imide groups is 1. The van der Waals surface area contributed by atoms with E-state index >= 15 is 0 Å². The predicted octanol–water partition coefficient (Wildman–Crippen LogP) is 1.43. The second kappa shape index (κ2) is 5.09. The van der Waals surface area contributed by atoms with E-state index in [9.17, 15) is 9.59 Å². The lowest BCUT2D eigenvalue weighted by Gasteiger charge is -2.24. The summed E-state index contributed by atoms with van der Waals surface area (Å²) in [5, 5.41) is 0.295. The Bertz CT molecular complexity index is 215. The van der Waals surface area contributed by atoms with Crippen molar-refractivity contribution in [3.63, 3.8) is 0 Å². The van der Waals surface area contributed by atoms with Crippen molar-refractivity contribution in [2.24, 2.45) is 11.5 Å². The number of primary amides is 2. The van der Waals surface area contributed by atoms with Gasteiger partial charge in [-0.25, -0.2) is 9.59 Å². The molecule has 0 heterocycles. The van der Waals surface area contributed by atoms with E-state index in [-0.39, 0.29) is 0 Å². The van der Waals surface area contributed by atoms with E-state index in [0.29, 0.717) is 5.25 Å². The second-order valence-corrected chi connectivity index (χ2v) is 4.58. The fourth-order valence-corrected chi connectivity index (χ4v) is 2.58. The van der Waals surface area contributed by atoms with E-state index in [1.165, 1.54) is 18.4 Å². The van der Waals surface area contributed by atoms with Gasteiger partial charge in [0.25, 0.3) is 0 Å². The molecule has 0 aromatic carbocycles. The van der Waals surface area contributed by atoms with Crippen LogP contribution in [0.15, 0.2) is 0 Å². The second-order valence-electron chi connectivity index (χ2n) is 3.34. The zero-order chi connectivity index (χ0) is 10.6. The van der Waals surface area contributed by atoms with Gasteiger partial charge in [0.1, 0.15) is 0 Å². The Labute approximate surface area is 87.3 Å². The first-order valence-electron chi connectivity index (χ1n) is 4.67. The molecule has 0 atom stereocenters. The Hall–Kier alpha value is -0.910. The topological polar surface area (TPSA) is 89.4 Å². The Morgan fingerprint density at radius 2 is 1.57 bits per heavy atom. The van der Waals surface area contributed by atoms with Crippen molar-refractivity contribution < 1.29 is 9.59 Å². The van der Waals surface area contributed by atoms with Gasteiger partial charge in [-0.1, -0.05) is 19.3 Å². The molecule has 4 amide bonds. The summed E-state index contributed by atoms with van der Waals surface area (Å²) < 4.78 is 0.843. The van der Waals surface area contributed by atoms with E-state index in [1.807, 2.05) is 0 Å². The lowest BCUT2D eigenvalue weighted by atomic mass is 10.0. The van der Waals surface area contributed by atoms with Crippen molar-refractivity contribution in [2.45, 2.75) is 37.4 Å². The molecule has 1 rings (SSSR count). The van der Waals surface area contributed by atoms with Gasteiger partial charge < -0.3 is 11.5 Å². The molecule has 0 radical (unpaired) electrons. The van der Waals surface area contributed by atoms with Gasteiger partial charge in [-0.15, -0.1) is 0 Å². The van der Waals surface area contributed by atoms with Gasteiger partial charge in [0, 0.05) is 5.25 Å². The number of urea groups is 2. The molecule has 4 N–H and O–H groups in total. The first-order chi connectivity index (χ1) is 6.61. The smallest absolute Gasteiger partial charge is 0.333 e. The number of hydrogen-bond acceptors (Lipinski definition) is 3. The molecule has 1 aliphatic rings. The summed E-state index contributed by atoms with van der Waals surface area (Å²) in [6.07, 6.45) is 5.54. The van der Waals surface area contributed by atoms with Gasteiger partial charge in [-0.05, 0) is 24.8 Å². The highest BCUT2D eigenvalue weighted by Gasteiger charge is 2.23. The average molecular weight is 217 g/mol. The first-order valence-corrected chi connectivity index (χ1v) is 5.50. The summed E-state index contributed by atoms with van der Waals surface area (Å²) in [6, 6.07) is -1.57. The van der Waals surface area contributed by atoms with E-state index in [0.717, 1.165) is 30.0 Å². The van der Waals surface area contributed by atoms with Crippen LogP contribution in [0, 0.1) is 0 Å². The number of amides is 4. The number of nitrogens with two attached hydrogens (primary N) is 2. The van der Waals surface area contributed by atoms with Crippen LogP contribution >= 0.6 is 11.9 Å². The molecule has 0 aliphatic heterocycles. The molecule has 0 aromatic heterocycles. The van der Waals surface area contributed by atoms with Gasteiger partial charge in [-0.2, -0.15) is 4.31 Å². The minimum absolute atomic E-state index is 0.295. The molecule has 0 bridgehead atoms. The number of nitrogens with zero attached hydrogens (tertiary/aromatic N) is 1. The minimum atomic E-state index is -0.784. The SMILES string of the molecule is NC(=O)N(SC1CCCCC1)C(N)=O. The molecule has 14 heavy (non-hydrogen) atoms. The van der Waals surface area contributed by atoms with E-state index in [4.69, 9.17) is 11.5 Å². The molecule has 1 fully saturated rings. The van der Waals surface area contributed by atoms with Crippen LogP contribution in [-0.4, -0.2) is 21.6 Å². The van der Waals surface area contributed by atoms with Crippen LogP contribution < -0.4 is 11.5 Å². The lowest BCUT2D eigenvalue weighted by Crippen LogP contribution is -2.40. The quantitative estimate of drug-likeness (QED) is 0.685. The highest BCUT2D eigenvalue weighted by atomic mass is 32.2. The van der Waals surface area contributed by atoms with Crippen LogP contribution in [-0.2, 0) is 0 Å². The third-order valence-corrected chi connectivity index (χ3v) is 3.55. The number of rotatable bonds is 2. The fraction of sp³-hybridized carbons (Fsp3) is 0.750. The Kier molecular flexibility index (Phi) is 4.06. The normalized spacial score (nSPS) is 17.7. The van der Waals surface area contributed by atoms with Crippen molar-refractivity contribution in [1.29, 1.82) is 0 Å². The summed E-state index contributed by atoms with van der Waals surface area (Å²) in [4.78, 5) is 21.7. The third-order valence-electron chi connectivity index (χ3n) is 2.21.